The minimum Gasteiger partial charge on any atom is -0.351 e. The molecule has 1 aromatic carbocycles. The van der Waals surface area contributed by atoms with Gasteiger partial charge >= 0.3 is 0 Å². The van der Waals surface area contributed by atoms with E-state index in [0.29, 0.717) is 11.3 Å². The number of rotatable bonds is 6. The van der Waals surface area contributed by atoms with Gasteiger partial charge in [-0.25, -0.2) is 0 Å². The van der Waals surface area contributed by atoms with E-state index < -0.39 is 6.04 Å². The lowest BCUT2D eigenvalue weighted by molar-refractivity contribution is -0.128. The fourth-order valence-corrected chi connectivity index (χ4v) is 5.05. The molecule has 0 aliphatic heterocycles. The summed E-state index contributed by atoms with van der Waals surface area (Å²) >= 11 is 0. The van der Waals surface area contributed by atoms with Crippen LogP contribution in [0, 0.1) is 0 Å². The third-order valence-electron chi connectivity index (χ3n) is 6.67. The molecule has 31 heavy (non-hydrogen) atoms. The van der Waals surface area contributed by atoms with Gasteiger partial charge in [-0.1, -0.05) is 62.8 Å². The van der Waals surface area contributed by atoms with E-state index in [2.05, 4.69) is 10.3 Å². The molecule has 4 rings (SSSR count). The molecule has 0 bridgehead atoms. The van der Waals surface area contributed by atoms with Crippen LogP contribution in [0.1, 0.15) is 86.3 Å². The van der Waals surface area contributed by atoms with Gasteiger partial charge in [0.2, 0.25) is 5.91 Å². The van der Waals surface area contributed by atoms with Gasteiger partial charge in [-0.3, -0.25) is 14.6 Å². The van der Waals surface area contributed by atoms with Crippen LogP contribution in [0.15, 0.2) is 54.7 Å². The molecule has 2 aliphatic rings. The lowest BCUT2D eigenvalue weighted by atomic mass is 9.91. The highest BCUT2D eigenvalue weighted by Crippen LogP contribution is 2.32. The van der Waals surface area contributed by atoms with Gasteiger partial charge in [0.25, 0.3) is 5.91 Å². The quantitative estimate of drug-likeness (QED) is 0.713. The number of nitrogens with one attached hydrogen (secondary N) is 1. The highest BCUT2D eigenvalue weighted by molar-refractivity contribution is 5.98. The van der Waals surface area contributed by atoms with Crippen molar-refractivity contribution in [3.8, 4) is 0 Å². The molecule has 1 atom stereocenters. The number of carbonyl (C=O) groups is 2. The van der Waals surface area contributed by atoms with Crippen LogP contribution in [0.5, 0.6) is 0 Å². The average molecular weight is 420 g/mol. The number of pyridine rings is 1. The number of aromatic nitrogens is 1. The van der Waals surface area contributed by atoms with Crippen molar-refractivity contribution >= 4 is 11.8 Å². The van der Waals surface area contributed by atoms with E-state index in [0.717, 1.165) is 51.4 Å². The first-order valence-electron chi connectivity index (χ1n) is 11.8. The fourth-order valence-electron chi connectivity index (χ4n) is 5.05. The summed E-state index contributed by atoms with van der Waals surface area (Å²) in [7, 11) is 0. The highest BCUT2D eigenvalue weighted by Gasteiger charge is 2.38. The molecule has 0 saturated heterocycles. The molecule has 1 heterocycles. The number of amides is 2. The zero-order valence-electron chi connectivity index (χ0n) is 18.2. The molecule has 5 heteroatoms. The van der Waals surface area contributed by atoms with Gasteiger partial charge in [0.05, 0.1) is 5.69 Å². The summed E-state index contributed by atoms with van der Waals surface area (Å²) in [6.07, 6.45) is 12.5. The van der Waals surface area contributed by atoms with Gasteiger partial charge in [-0.05, 0) is 49.9 Å². The normalized spacial score (nSPS) is 18.8. The minimum atomic E-state index is -0.709. The summed E-state index contributed by atoms with van der Waals surface area (Å²) in [5, 5.41) is 3.27. The average Bonchev–Trinajstić information content (AvgIpc) is 2.84. The largest absolute Gasteiger partial charge is 0.351 e. The fraction of sp³-hybridized carbons (Fsp3) is 0.500. The first-order chi connectivity index (χ1) is 15.2. The van der Waals surface area contributed by atoms with Crippen LogP contribution in [0.4, 0.5) is 0 Å². The van der Waals surface area contributed by atoms with E-state index in [4.69, 9.17) is 0 Å². The van der Waals surface area contributed by atoms with Crippen molar-refractivity contribution in [1.82, 2.24) is 15.2 Å². The maximum Gasteiger partial charge on any atom is 0.255 e. The maximum atomic E-state index is 13.8. The Hall–Kier alpha value is -2.69. The van der Waals surface area contributed by atoms with E-state index in [1.165, 1.54) is 12.8 Å². The Morgan fingerprint density at radius 3 is 2.13 bits per heavy atom. The molecule has 2 saturated carbocycles. The number of carbonyl (C=O) groups excluding carboxylic acids is 2. The molecule has 0 radical (unpaired) electrons. The van der Waals surface area contributed by atoms with Crippen molar-refractivity contribution in [1.29, 1.82) is 0 Å². The first-order valence-corrected chi connectivity index (χ1v) is 11.8. The van der Waals surface area contributed by atoms with Gasteiger partial charge in [-0.15, -0.1) is 0 Å². The molecule has 0 spiro atoms. The summed E-state index contributed by atoms with van der Waals surface area (Å²) in [4.78, 5) is 33.8. The second-order valence-electron chi connectivity index (χ2n) is 8.87. The van der Waals surface area contributed by atoms with Crippen LogP contribution in [-0.4, -0.2) is 33.8 Å². The van der Waals surface area contributed by atoms with Gasteiger partial charge in [0.15, 0.2) is 6.04 Å². The molecule has 2 amide bonds. The molecular weight excluding hydrogens is 386 g/mol. The summed E-state index contributed by atoms with van der Waals surface area (Å²) < 4.78 is 0. The van der Waals surface area contributed by atoms with E-state index in [1.54, 1.807) is 6.20 Å². The first kappa shape index (κ1) is 21.5. The molecule has 1 aromatic heterocycles. The van der Waals surface area contributed by atoms with Crippen LogP contribution < -0.4 is 5.32 Å². The van der Waals surface area contributed by atoms with Crippen LogP contribution in [-0.2, 0) is 4.79 Å². The third-order valence-corrected chi connectivity index (χ3v) is 6.67. The highest BCUT2D eigenvalue weighted by atomic mass is 16.2. The van der Waals surface area contributed by atoms with Crippen molar-refractivity contribution in [2.24, 2.45) is 0 Å². The predicted octanol–water partition coefficient (Wildman–Crippen LogP) is 5.05. The van der Waals surface area contributed by atoms with Crippen molar-refractivity contribution in [2.75, 3.05) is 0 Å². The number of benzene rings is 1. The minimum absolute atomic E-state index is 0.0468. The van der Waals surface area contributed by atoms with Crippen LogP contribution >= 0.6 is 0 Å². The Labute approximate surface area is 185 Å². The van der Waals surface area contributed by atoms with Crippen molar-refractivity contribution in [3.63, 3.8) is 0 Å². The van der Waals surface area contributed by atoms with Crippen molar-refractivity contribution in [2.45, 2.75) is 82.3 Å². The smallest absolute Gasteiger partial charge is 0.255 e. The summed E-state index contributed by atoms with van der Waals surface area (Å²) in [6.45, 7) is 0. The van der Waals surface area contributed by atoms with Crippen molar-refractivity contribution < 1.29 is 9.59 Å². The molecule has 1 N–H and O–H groups in total. The van der Waals surface area contributed by atoms with E-state index in [9.17, 15) is 9.59 Å². The Morgan fingerprint density at radius 2 is 1.48 bits per heavy atom. The van der Waals surface area contributed by atoms with E-state index >= 15 is 0 Å². The SMILES string of the molecule is O=C(NC1CCCCC1)C(c1ccccn1)N(C(=O)c1ccccc1)C1CCCCC1. The lowest BCUT2D eigenvalue weighted by Gasteiger charge is -2.40. The van der Waals surface area contributed by atoms with Crippen LogP contribution in [0.25, 0.3) is 0 Å². The molecule has 2 aromatic rings. The predicted molar refractivity (Wildman–Crippen MR) is 121 cm³/mol. The number of hydrogen-bond donors (Lipinski definition) is 1. The van der Waals surface area contributed by atoms with Crippen molar-refractivity contribution in [3.05, 3.63) is 66.0 Å². The zero-order valence-corrected chi connectivity index (χ0v) is 18.2. The Bertz CT molecular complexity index is 843. The number of hydrogen-bond acceptors (Lipinski definition) is 3. The zero-order chi connectivity index (χ0) is 21.5. The standard InChI is InChI=1S/C26H33N3O2/c30-25(28-21-14-6-2-7-15-21)24(23-18-10-11-19-27-23)29(22-16-8-3-9-17-22)26(31)20-12-4-1-5-13-20/h1,4-5,10-13,18-19,21-22,24H,2-3,6-9,14-17H2,(H,28,30). The maximum absolute atomic E-state index is 13.8. The molecule has 2 fully saturated rings. The molecular formula is C26H33N3O2. The summed E-state index contributed by atoms with van der Waals surface area (Å²) in [5.74, 6) is -0.178. The van der Waals surface area contributed by atoms with E-state index in [-0.39, 0.29) is 23.9 Å². The second-order valence-corrected chi connectivity index (χ2v) is 8.87. The van der Waals surface area contributed by atoms with E-state index in [1.807, 2.05) is 53.4 Å². The summed E-state index contributed by atoms with van der Waals surface area (Å²) in [6, 6.07) is 14.5. The third kappa shape index (κ3) is 5.33. The van der Waals surface area contributed by atoms with Gasteiger partial charge in [-0.2, -0.15) is 0 Å². The van der Waals surface area contributed by atoms with Gasteiger partial charge < -0.3 is 10.2 Å². The Balaban J connectivity index is 1.69. The van der Waals surface area contributed by atoms with Crippen LogP contribution in [0.2, 0.25) is 0 Å². The Morgan fingerprint density at radius 1 is 0.839 bits per heavy atom. The topological polar surface area (TPSA) is 62.3 Å². The second kappa shape index (κ2) is 10.6. The molecule has 2 aliphatic carbocycles. The molecule has 1 unspecified atom stereocenters. The lowest BCUT2D eigenvalue weighted by Crippen LogP contribution is -2.51. The molecule has 164 valence electrons. The van der Waals surface area contributed by atoms with Gasteiger partial charge in [0, 0.05) is 23.8 Å². The van der Waals surface area contributed by atoms with Gasteiger partial charge in [0.1, 0.15) is 0 Å². The Kier molecular flexibility index (Phi) is 7.34. The number of nitrogens with zero attached hydrogens (tertiary/aromatic N) is 2. The summed E-state index contributed by atoms with van der Waals surface area (Å²) in [5.41, 5.74) is 1.27. The van der Waals surface area contributed by atoms with Crippen LogP contribution in [0.3, 0.4) is 0 Å². The molecule has 5 nitrogen and oxygen atoms in total. The monoisotopic (exact) mass is 419 g/mol.